The van der Waals surface area contributed by atoms with Crippen molar-refractivity contribution in [3.05, 3.63) is 0 Å². The molecule has 0 bridgehead atoms. The summed E-state index contributed by atoms with van der Waals surface area (Å²) in [5.74, 6) is 0.333. The molecule has 0 aliphatic heterocycles. The van der Waals surface area contributed by atoms with Gasteiger partial charge in [-0.3, -0.25) is 4.79 Å². The van der Waals surface area contributed by atoms with Crippen molar-refractivity contribution >= 4 is 5.91 Å². The smallest absolute Gasteiger partial charge is 0.227 e. The number of hydrogen-bond acceptors (Lipinski definition) is 3. The van der Waals surface area contributed by atoms with Crippen molar-refractivity contribution in [3.63, 3.8) is 0 Å². The molecule has 0 rings (SSSR count). The highest BCUT2D eigenvalue weighted by Crippen LogP contribution is 2.14. The zero-order valence-corrected chi connectivity index (χ0v) is 13.6. The van der Waals surface area contributed by atoms with Crippen LogP contribution in [-0.4, -0.2) is 42.2 Å². The number of unbranched alkanes of at least 4 members (excludes halogenated alkanes) is 4. The van der Waals surface area contributed by atoms with Crippen LogP contribution in [0.15, 0.2) is 0 Å². The van der Waals surface area contributed by atoms with Gasteiger partial charge in [-0.05, 0) is 18.8 Å². The highest BCUT2D eigenvalue weighted by Gasteiger charge is 2.25. The summed E-state index contributed by atoms with van der Waals surface area (Å²) in [7, 11) is 0. The van der Waals surface area contributed by atoms with Gasteiger partial charge in [0.2, 0.25) is 5.91 Å². The van der Waals surface area contributed by atoms with E-state index in [9.17, 15) is 4.79 Å². The lowest BCUT2D eigenvalue weighted by Crippen LogP contribution is -2.42. The molecule has 0 radical (unpaired) electrons. The number of carbonyl (C=O) groups excluding carboxylic acids is 1. The minimum Gasteiger partial charge on any atom is -0.396 e. The molecule has 20 heavy (non-hydrogen) atoms. The van der Waals surface area contributed by atoms with Gasteiger partial charge in [0, 0.05) is 26.2 Å². The van der Waals surface area contributed by atoms with Gasteiger partial charge in [0.1, 0.15) is 0 Å². The number of hydrogen-bond donors (Lipinski definition) is 2. The van der Waals surface area contributed by atoms with E-state index in [1.54, 1.807) is 0 Å². The molecule has 0 aliphatic rings. The van der Waals surface area contributed by atoms with Crippen molar-refractivity contribution in [1.29, 1.82) is 0 Å². The Morgan fingerprint density at radius 2 is 1.70 bits per heavy atom. The second-order valence-corrected chi connectivity index (χ2v) is 5.90. The summed E-state index contributed by atoms with van der Waals surface area (Å²) in [4.78, 5) is 14.4. The normalized spacial score (nSPS) is 12.7. The van der Waals surface area contributed by atoms with E-state index in [1.165, 1.54) is 25.7 Å². The van der Waals surface area contributed by atoms with Crippen LogP contribution in [0, 0.1) is 11.8 Å². The lowest BCUT2D eigenvalue weighted by Gasteiger charge is -2.28. The summed E-state index contributed by atoms with van der Waals surface area (Å²) in [6, 6.07) is 0. The molecular formula is C16H34N2O2. The summed E-state index contributed by atoms with van der Waals surface area (Å²) in [5, 5.41) is 8.98. The third kappa shape index (κ3) is 7.85. The van der Waals surface area contributed by atoms with E-state index >= 15 is 0 Å². The topological polar surface area (TPSA) is 66.6 Å². The van der Waals surface area contributed by atoms with Gasteiger partial charge < -0.3 is 15.7 Å². The molecule has 1 atom stereocenters. The molecule has 1 unspecified atom stereocenters. The zero-order valence-electron chi connectivity index (χ0n) is 13.6. The van der Waals surface area contributed by atoms with Gasteiger partial charge in [0.05, 0.1) is 5.92 Å². The molecule has 4 nitrogen and oxygen atoms in total. The molecule has 120 valence electrons. The molecule has 3 N–H and O–H groups in total. The van der Waals surface area contributed by atoms with Crippen LogP contribution >= 0.6 is 0 Å². The Balaban J connectivity index is 4.33. The van der Waals surface area contributed by atoms with Crippen molar-refractivity contribution in [1.82, 2.24) is 4.90 Å². The molecule has 4 heteroatoms. The highest BCUT2D eigenvalue weighted by molar-refractivity contribution is 5.79. The van der Waals surface area contributed by atoms with Crippen molar-refractivity contribution in [3.8, 4) is 0 Å². The molecule has 0 heterocycles. The minimum absolute atomic E-state index is 0.0932. The van der Waals surface area contributed by atoms with Gasteiger partial charge in [-0.2, -0.15) is 0 Å². The van der Waals surface area contributed by atoms with Crippen molar-refractivity contribution in [2.24, 2.45) is 17.6 Å². The summed E-state index contributed by atoms with van der Waals surface area (Å²) in [5.41, 5.74) is 5.74. The maximum atomic E-state index is 12.5. The fourth-order valence-electron chi connectivity index (χ4n) is 2.39. The van der Waals surface area contributed by atoms with Crippen LogP contribution in [0.4, 0.5) is 0 Å². The highest BCUT2D eigenvalue weighted by atomic mass is 16.3. The van der Waals surface area contributed by atoms with Crippen LogP contribution in [0.2, 0.25) is 0 Å². The average molecular weight is 286 g/mol. The number of nitrogens with two attached hydrogens (primary N) is 1. The first kappa shape index (κ1) is 19.4. The molecule has 0 aromatic heterocycles. The van der Waals surface area contributed by atoms with Crippen LogP contribution in [0.25, 0.3) is 0 Å². The molecule has 0 aromatic carbocycles. The molecule has 0 fully saturated rings. The van der Waals surface area contributed by atoms with Crippen LogP contribution in [0.5, 0.6) is 0 Å². The number of rotatable bonds is 12. The Bertz CT molecular complexity index is 245. The van der Waals surface area contributed by atoms with E-state index in [2.05, 4.69) is 6.92 Å². The number of aliphatic hydroxyl groups excluding tert-OH is 1. The number of carbonyl (C=O) groups is 1. The van der Waals surface area contributed by atoms with Crippen LogP contribution < -0.4 is 5.73 Å². The van der Waals surface area contributed by atoms with Gasteiger partial charge >= 0.3 is 0 Å². The first-order valence-corrected chi connectivity index (χ1v) is 8.18. The molecule has 0 saturated carbocycles. The first-order valence-electron chi connectivity index (χ1n) is 8.18. The second kappa shape index (κ2) is 12.2. The fourth-order valence-corrected chi connectivity index (χ4v) is 2.39. The molecule has 1 amide bonds. The van der Waals surface area contributed by atoms with Gasteiger partial charge in [-0.15, -0.1) is 0 Å². The van der Waals surface area contributed by atoms with Crippen molar-refractivity contribution in [2.45, 2.75) is 59.3 Å². The van der Waals surface area contributed by atoms with Gasteiger partial charge in [0.25, 0.3) is 0 Å². The average Bonchev–Trinajstić information content (AvgIpc) is 2.42. The van der Waals surface area contributed by atoms with Gasteiger partial charge in [0.15, 0.2) is 0 Å². The van der Waals surface area contributed by atoms with Crippen molar-refractivity contribution < 1.29 is 9.90 Å². The Labute approximate surface area is 124 Å². The number of nitrogens with zero attached hydrogens (tertiary/aromatic N) is 1. The largest absolute Gasteiger partial charge is 0.396 e. The monoisotopic (exact) mass is 286 g/mol. The van der Waals surface area contributed by atoms with Crippen LogP contribution in [-0.2, 0) is 4.79 Å². The van der Waals surface area contributed by atoms with E-state index in [-0.39, 0.29) is 24.3 Å². The minimum atomic E-state index is -0.0932. The Kier molecular flexibility index (Phi) is 11.8. The van der Waals surface area contributed by atoms with Gasteiger partial charge in [-0.25, -0.2) is 0 Å². The molecule has 0 aliphatic carbocycles. The standard InChI is InChI=1S/C16H34N2O2/c1-4-5-6-7-8-10-18(11-9-12-19)16(20)15(13-17)14(2)3/h14-15,19H,4-13,17H2,1-3H3. The molecule has 0 saturated heterocycles. The SMILES string of the molecule is CCCCCCCN(CCCO)C(=O)C(CN)C(C)C. The number of aliphatic hydroxyl groups is 1. The number of amides is 1. The predicted octanol–water partition coefficient (Wildman–Crippen LogP) is 2.40. The van der Waals surface area contributed by atoms with Crippen LogP contribution in [0.1, 0.15) is 59.3 Å². The van der Waals surface area contributed by atoms with E-state index in [1.807, 2.05) is 18.7 Å². The summed E-state index contributed by atoms with van der Waals surface area (Å²) >= 11 is 0. The Morgan fingerprint density at radius 1 is 1.10 bits per heavy atom. The lowest BCUT2D eigenvalue weighted by molar-refractivity contribution is -0.136. The maximum absolute atomic E-state index is 12.5. The second-order valence-electron chi connectivity index (χ2n) is 5.90. The first-order chi connectivity index (χ1) is 9.58. The van der Waals surface area contributed by atoms with E-state index in [0.717, 1.165) is 13.0 Å². The van der Waals surface area contributed by atoms with Crippen molar-refractivity contribution in [2.75, 3.05) is 26.2 Å². The maximum Gasteiger partial charge on any atom is 0.227 e. The third-order valence-corrected chi connectivity index (χ3v) is 3.81. The van der Waals surface area contributed by atoms with Crippen LogP contribution in [0.3, 0.4) is 0 Å². The van der Waals surface area contributed by atoms with E-state index < -0.39 is 0 Å². The predicted molar refractivity (Wildman–Crippen MR) is 84.4 cm³/mol. The quantitative estimate of drug-likeness (QED) is 0.541. The Hall–Kier alpha value is -0.610. The molecule has 0 spiro atoms. The lowest BCUT2D eigenvalue weighted by atomic mass is 9.94. The Morgan fingerprint density at radius 3 is 2.20 bits per heavy atom. The zero-order chi connectivity index (χ0) is 15.4. The van der Waals surface area contributed by atoms with E-state index in [0.29, 0.717) is 19.5 Å². The fraction of sp³-hybridized carbons (Fsp3) is 0.938. The van der Waals surface area contributed by atoms with E-state index in [4.69, 9.17) is 10.8 Å². The summed E-state index contributed by atoms with van der Waals surface area (Å²) in [6.07, 6.45) is 6.61. The summed E-state index contributed by atoms with van der Waals surface area (Å²) in [6.45, 7) is 8.27. The van der Waals surface area contributed by atoms with Gasteiger partial charge in [-0.1, -0.05) is 46.5 Å². The molecular weight excluding hydrogens is 252 g/mol. The summed E-state index contributed by atoms with van der Waals surface area (Å²) < 4.78 is 0. The third-order valence-electron chi connectivity index (χ3n) is 3.81. The molecule has 0 aromatic rings.